The van der Waals surface area contributed by atoms with Crippen molar-refractivity contribution in [2.24, 2.45) is 10.9 Å². The maximum absolute atomic E-state index is 13.5. The summed E-state index contributed by atoms with van der Waals surface area (Å²) in [6.07, 6.45) is 8.67. The Morgan fingerprint density at radius 3 is 2.41 bits per heavy atom. The first-order valence-corrected chi connectivity index (χ1v) is 12.1. The van der Waals surface area contributed by atoms with E-state index in [2.05, 4.69) is 14.9 Å². The average Bonchev–Trinajstić information content (AvgIpc) is 3.23. The van der Waals surface area contributed by atoms with Crippen molar-refractivity contribution in [2.75, 3.05) is 18.0 Å². The van der Waals surface area contributed by atoms with Crippen molar-refractivity contribution in [3.8, 4) is 0 Å². The number of benzene rings is 1. The number of anilines is 1. The lowest BCUT2D eigenvalue weighted by Crippen LogP contribution is -2.39. The molecule has 8 heteroatoms. The number of aromatic nitrogens is 1. The van der Waals surface area contributed by atoms with Crippen LogP contribution < -0.4 is 4.90 Å². The zero-order valence-corrected chi connectivity index (χ0v) is 19.1. The Hall–Kier alpha value is -2.87. The predicted octanol–water partition coefficient (Wildman–Crippen LogP) is 5.06. The van der Waals surface area contributed by atoms with E-state index in [4.69, 9.17) is 9.84 Å². The number of nitrogens with zero attached hydrogens (tertiary/aromatic N) is 3. The molecule has 0 radical (unpaired) electrons. The number of hydrogen-bond donors (Lipinski definition) is 1. The number of pyridine rings is 1. The fraction of sp³-hybridized carbons (Fsp3) is 0.500. The summed E-state index contributed by atoms with van der Waals surface area (Å²) in [5, 5.41) is 8.97. The van der Waals surface area contributed by atoms with Gasteiger partial charge in [0.1, 0.15) is 5.82 Å². The normalized spacial score (nSPS) is 23.0. The molecule has 1 aliphatic carbocycles. The molecule has 1 saturated heterocycles. The van der Waals surface area contributed by atoms with Crippen molar-refractivity contribution >= 4 is 23.2 Å². The van der Waals surface area contributed by atoms with Gasteiger partial charge in [-0.05, 0) is 68.2 Å². The minimum atomic E-state index is -0.879. The van der Waals surface area contributed by atoms with Crippen LogP contribution in [0.4, 0.5) is 20.3 Å². The molecule has 1 saturated carbocycles. The van der Waals surface area contributed by atoms with Crippen LogP contribution in [0.3, 0.4) is 0 Å². The quantitative estimate of drug-likeness (QED) is 0.640. The zero-order chi connectivity index (χ0) is 23.7. The minimum absolute atomic E-state index is 0.240. The number of rotatable bonds is 6. The number of fused-ring (bicyclic) bond motifs is 1. The molecule has 180 valence electrons. The van der Waals surface area contributed by atoms with Gasteiger partial charge in [-0.1, -0.05) is 0 Å². The molecule has 3 heterocycles. The Kier molecular flexibility index (Phi) is 6.59. The smallest absolute Gasteiger partial charge is 0.303 e. The molecular weight excluding hydrogens is 440 g/mol. The number of halogens is 2. The van der Waals surface area contributed by atoms with E-state index >= 15 is 0 Å². The van der Waals surface area contributed by atoms with Gasteiger partial charge in [0.25, 0.3) is 0 Å². The Morgan fingerprint density at radius 2 is 1.74 bits per heavy atom. The number of carboxylic acids is 1. The van der Waals surface area contributed by atoms with E-state index in [9.17, 15) is 13.6 Å². The number of aliphatic imine (C=N–C) groups is 1. The SMILES string of the molecule is O=C(O)CC1CCC(OC2CCN(c3ccc(C4=Nc5cc(F)c(F)cc5C4)cn3)CC2)CC1. The van der Waals surface area contributed by atoms with Gasteiger partial charge in [-0.3, -0.25) is 9.79 Å². The van der Waals surface area contributed by atoms with E-state index in [1.807, 2.05) is 12.1 Å². The second-order valence-corrected chi connectivity index (χ2v) is 9.60. The lowest BCUT2D eigenvalue weighted by atomic mass is 9.85. The highest BCUT2D eigenvalue weighted by Crippen LogP contribution is 2.32. The van der Waals surface area contributed by atoms with Gasteiger partial charge in [-0.25, -0.2) is 13.8 Å². The number of piperidine rings is 1. The molecule has 0 bridgehead atoms. The van der Waals surface area contributed by atoms with E-state index in [0.717, 1.165) is 74.8 Å². The van der Waals surface area contributed by atoms with Gasteiger partial charge in [0.2, 0.25) is 0 Å². The van der Waals surface area contributed by atoms with Crippen LogP contribution in [-0.4, -0.2) is 47.1 Å². The molecule has 34 heavy (non-hydrogen) atoms. The summed E-state index contributed by atoms with van der Waals surface area (Å²) in [6, 6.07) is 6.31. The first kappa shape index (κ1) is 22.9. The Balaban J connectivity index is 1.11. The van der Waals surface area contributed by atoms with E-state index in [1.165, 1.54) is 6.07 Å². The van der Waals surface area contributed by atoms with Crippen molar-refractivity contribution in [2.45, 2.75) is 63.6 Å². The highest BCUT2D eigenvalue weighted by Gasteiger charge is 2.28. The molecule has 0 atom stereocenters. The summed E-state index contributed by atoms with van der Waals surface area (Å²) in [7, 11) is 0. The van der Waals surface area contributed by atoms with Gasteiger partial charge in [0.05, 0.1) is 23.6 Å². The second-order valence-electron chi connectivity index (χ2n) is 9.60. The molecule has 1 aromatic heterocycles. The van der Waals surface area contributed by atoms with E-state index in [-0.39, 0.29) is 18.6 Å². The number of carboxylic acid groups (broad SMARTS) is 1. The van der Waals surface area contributed by atoms with Gasteiger partial charge < -0.3 is 14.7 Å². The van der Waals surface area contributed by atoms with Gasteiger partial charge >= 0.3 is 5.97 Å². The van der Waals surface area contributed by atoms with Gasteiger partial charge in [0.15, 0.2) is 11.6 Å². The standard InChI is InChI=1S/C26H29F2N3O3/c27-21-12-18-13-23(30-24(18)14-22(21)28)17-3-6-25(29-15-17)31-9-7-20(8-10-31)34-19-4-1-16(2-5-19)11-26(32)33/h3,6,12,14-16,19-20H,1-2,4-5,7-11,13H2,(H,32,33). The van der Waals surface area contributed by atoms with Crippen molar-refractivity contribution in [3.05, 3.63) is 53.2 Å². The highest BCUT2D eigenvalue weighted by molar-refractivity contribution is 6.06. The average molecular weight is 470 g/mol. The second kappa shape index (κ2) is 9.78. The third kappa shape index (κ3) is 5.12. The number of carbonyl (C=O) groups is 1. The van der Waals surface area contributed by atoms with E-state index in [0.29, 0.717) is 23.6 Å². The zero-order valence-electron chi connectivity index (χ0n) is 19.1. The molecule has 0 amide bonds. The summed E-state index contributed by atoms with van der Waals surface area (Å²) < 4.78 is 33.3. The van der Waals surface area contributed by atoms with Crippen LogP contribution in [0.1, 0.15) is 56.1 Å². The lowest BCUT2D eigenvalue weighted by molar-refractivity contribution is -0.138. The van der Waals surface area contributed by atoms with Crippen molar-refractivity contribution < 1.29 is 23.4 Å². The number of hydrogen-bond acceptors (Lipinski definition) is 5. The number of ether oxygens (including phenoxy) is 1. The molecule has 2 aliphatic heterocycles. The summed E-state index contributed by atoms with van der Waals surface area (Å²) >= 11 is 0. The Bertz CT molecular complexity index is 1070. The summed E-state index contributed by atoms with van der Waals surface area (Å²) in [5.74, 6) is -1.23. The van der Waals surface area contributed by atoms with Crippen LogP contribution in [0.15, 0.2) is 35.5 Å². The first-order valence-electron chi connectivity index (χ1n) is 12.1. The number of aliphatic carboxylic acids is 1. The predicted molar refractivity (Wildman–Crippen MR) is 125 cm³/mol. The van der Waals surface area contributed by atoms with Gasteiger partial charge in [-0.2, -0.15) is 0 Å². The summed E-state index contributed by atoms with van der Waals surface area (Å²) in [5.41, 5.74) is 2.80. The van der Waals surface area contributed by atoms with Gasteiger partial charge in [0, 0.05) is 43.8 Å². The van der Waals surface area contributed by atoms with Crippen LogP contribution in [0.5, 0.6) is 0 Å². The van der Waals surface area contributed by atoms with Crippen LogP contribution >= 0.6 is 0 Å². The van der Waals surface area contributed by atoms with Crippen molar-refractivity contribution in [1.29, 1.82) is 0 Å². The lowest BCUT2D eigenvalue weighted by Gasteiger charge is -2.36. The van der Waals surface area contributed by atoms with Crippen LogP contribution in [0.25, 0.3) is 0 Å². The van der Waals surface area contributed by atoms with Crippen LogP contribution in [0, 0.1) is 17.6 Å². The van der Waals surface area contributed by atoms with E-state index < -0.39 is 17.6 Å². The molecule has 2 aromatic rings. The fourth-order valence-electron chi connectivity index (χ4n) is 5.31. The molecular formula is C26H29F2N3O3. The molecule has 1 aromatic carbocycles. The highest BCUT2D eigenvalue weighted by atomic mass is 19.2. The Morgan fingerprint density at radius 1 is 1.03 bits per heavy atom. The maximum Gasteiger partial charge on any atom is 0.303 e. The largest absolute Gasteiger partial charge is 0.481 e. The molecule has 6 nitrogen and oxygen atoms in total. The Labute approximate surface area is 197 Å². The third-order valence-corrected chi connectivity index (χ3v) is 7.22. The molecule has 2 fully saturated rings. The van der Waals surface area contributed by atoms with Crippen LogP contribution in [0.2, 0.25) is 0 Å². The van der Waals surface area contributed by atoms with Crippen molar-refractivity contribution in [3.63, 3.8) is 0 Å². The topological polar surface area (TPSA) is 75.0 Å². The molecule has 3 aliphatic rings. The first-order chi connectivity index (χ1) is 16.4. The van der Waals surface area contributed by atoms with Crippen LogP contribution in [-0.2, 0) is 16.0 Å². The molecule has 1 N–H and O–H groups in total. The molecule has 5 rings (SSSR count). The van der Waals surface area contributed by atoms with Crippen molar-refractivity contribution in [1.82, 2.24) is 4.98 Å². The minimum Gasteiger partial charge on any atom is -0.481 e. The maximum atomic E-state index is 13.5. The third-order valence-electron chi connectivity index (χ3n) is 7.22. The summed E-state index contributed by atoms with van der Waals surface area (Å²) in [6.45, 7) is 1.74. The monoisotopic (exact) mass is 469 g/mol. The molecule has 0 unspecified atom stereocenters. The van der Waals surface area contributed by atoms with Gasteiger partial charge in [-0.15, -0.1) is 0 Å². The fourth-order valence-corrected chi connectivity index (χ4v) is 5.31. The molecule has 0 spiro atoms. The summed E-state index contributed by atoms with van der Waals surface area (Å²) in [4.78, 5) is 22.2. The van der Waals surface area contributed by atoms with E-state index in [1.54, 1.807) is 6.20 Å².